The number of nitrogens with zero attached hydrogens (tertiary/aromatic N) is 2. The number of rotatable bonds is 2. The third-order valence-electron chi connectivity index (χ3n) is 1.48. The van der Waals surface area contributed by atoms with Crippen LogP contribution in [-0.4, -0.2) is 12.4 Å². The van der Waals surface area contributed by atoms with Gasteiger partial charge in [-0.25, -0.2) is 4.79 Å². The lowest BCUT2D eigenvalue weighted by molar-refractivity contribution is -0.274. The maximum Gasteiger partial charge on any atom is 0.573 e. The van der Waals surface area contributed by atoms with Gasteiger partial charge < -0.3 is 4.74 Å². The number of hydrogen-bond acceptors (Lipinski definition) is 4. The molecule has 0 aliphatic heterocycles. The SMILES string of the molecule is N#Cc1ccc(N=C=O)c(OC(F)(F)F)c1. The van der Waals surface area contributed by atoms with E-state index in [0.717, 1.165) is 18.2 Å². The molecule has 0 atom stereocenters. The Kier molecular flexibility index (Phi) is 3.28. The molecule has 82 valence electrons. The highest BCUT2D eigenvalue weighted by Gasteiger charge is 2.32. The van der Waals surface area contributed by atoms with Crippen LogP contribution in [0.1, 0.15) is 5.56 Å². The molecule has 1 aromatic rings. The monoisotopic (exact) mass is 228 g/mol. The fourth-order valence-corrected chi connectivity index (χ4v) is 0.932. The normalized spacial score (nSPS) is 10.1. The van der Waals surface area contributed by atoms with Crippen LogP contribution in [0.15, 0.2) is 23.2 Å². The Hall–Kier alpha value is -2.32. The highest BCUT2D eigenvalue weighted by Crippen LogP contribution is 2.32. The first kappa shape index (κ1) is 11.8. The zero-order valence-electron chi connectivity index (χ0n) is 7.58. The van der Waals surface area contributed by atoms with Gasteiger partial charge in [0, 0.05) is 6.07 Å². The van der Waals surface area contributed by atoms with Crippen LogP contribution in [0.4, 0.5) is 18.9 Å². The molecular formula is C9H3F3N2O2. The Morgan fingerprint density at radius 2 is 2.06 bits per heavy atom. The van der Waals surface area contributed by atoms with Crippen LogP contribution in [0.5, 0.6) is 5.75 Å². The Morgan fingerprint density at radius 3 is 2.56 bits per heavy atom. The second-order valence-corrected chi connectivity index (χ2v) is 2.55. The van der Waals surface area contributed by atoms with Gasteiger partial charge in [-0.05, 0) is 12.1 Å². The Morgan fingerprint density at radius 1 is 1.38 bits per heavy atom. The molecule has 0 fully saturated rings. The summed E-state index contributed by atoms with van der Waals surface area (Å²) in [5.41, 5.74) is -0.379. The number of alkyl halides is 3. The summed E-state index contributed by atoms with van der Waals surface area (Å²) in [6.07, 6.45) is -3.82. The smallest absolute Gasteiger partial charge is 0.403 e. The van der Waals surface area contributed by atoms with E-state index < -0.39 is 12.1 Å². The standard InChI is InChI=1S/C9H3F3N2O2/c10-9(11,12)16-8-3-6(4-13)1-2-7(8)14-5-15/h1-3H. The quantitative estimate of drug-likeness (QED) is 0.576. The third kappa shape index (κ3) is 3.12. The number of carbonyl (C=O) groups excluding carboxylic acids is 1. The van der Waals surface area contributed by atoms with E-state index in [1.807, 2.05) is 0 Å². The number of nitriles is 1. The van der Waals surface area contributed by atoms with E-state index in [1.165, 1.54) is 6.07 Å². The molecule has 0 N–H and O–H groups in total. The average Bonchev–Trinajstić information content (AvgIpc) is 2.18. The van der Waals surface area contributed by atoms with Crippen molar-refractivity contribution in [3.63, 3.8) is 0 Å². The summed E-state index contributed by atoms with van der Waals surface area (Å²) in [7, 11) is 0. The summed E-state index contributed by atoms with van der Waals surface area (Å²) in [6.45, 7) is 0. The van der Waals surface area contributed by atoms with E-state index >= 15 is 0 Å². The number of isocyanates is 1. The van der Waals surface area contributed by atoms with Crippen molar-refractivity contribution >= 4 is 11.8 Å². The molecule has 1 aromatic carbocycles. The van der Waals surface area contributed by atoms with Crippen molar-refractivity contribution in [3.05, 3.63) is 23.8 Å². The molecule has 0 bridgehead atoms. The van der Waals surface area contributed by atoms with Crippen molar-refractivity contribution in [2.75, 3.05) is 0 Å². The molecule has 7 heteroatoms. The zero-order chi connectivity index (χ0) is 12.2. The van der Waals surface area contributed by atoms with Gasteiger partial charge in [0.1, 0.15) is 5.69 Å². The lowest BCUT2D eigenvalue weighted by Crippen LogP contribution is -2.17. The van der Waals surface area contributed by atoms with Crippen LogP contribution in [0.2, 0.25) is 0 Å². The van der Waals surface area contributed by atoms with E-state index in [9.17, 15) is 18.0 Å². The molecule has 0 amide bonds. The molecule has 0 saturated carbocycles. The first-order chi connectivity index (χ1) is 7.46. The molecule has 0 spiro atoms. The van der Waals surface area contributed by atoms with Crippen molar-refractivity contribution in [2.45, 2.75) is 6.36 Å². The van der Waals surface area contributed by atoms with Crippen molar-refractivity contribution in [2.24, 2.45) is 4.99 Å². The number of benzene rings is 1. The van der Waals surface area contributed by atoms with Gasteiger partial charge in [-0.2, -0.15) is 10.3 Å². The van der Waals surface area contributed by atoms with Crippen LogP contribution in [0.25, 0.3) is 0 Å². The van der Waals surface area contributed by atoms with Crippen LogP contribution in [-0.2, 0) is 4.79 Å². The maximum atomic E-state index is 12.0. The van der Waals surface area contributed by atoms with E-state index in [-0.39, 0.29) is 11.3 Å². The topological polar surface area (TPSA) is 62.5 Å². The van der Waals surface area contributed by atoms with Crippen molar-refractivity contribution in [1.29, 1.82) is 5.26 Å². The lowest BCUT2D eigenvalue weighted by Gasteiger charge is -2.10. The second-order valence-electron chi connectivity index (χ2n) is 2.55. The molecule has 0 aromatic heterocycles. The summed E-state index contributed by atoms with van der Waals surface area (Å²) in [5, 5.41) is 8.49. The van der Waals surface area contributed by atoms with Gasteiger partial charge in [-0.15, -0.1) is 13.2 Å². The van der Waals surface area contributed by atoms with E-state index in [1.54, 1.807) is 6.07 Å². The molecule has 4 nitrogen and oxygen atoms in total. The third-order valence-corrected chi connectivity index (χ3v) is 1.48. The summed E-state index contributed by atoms with van der Waals surface area (Å²) >= 11 is 0. The predicted molar refractivity (Wildman–Crippen MR) is 45.6 cm³/mol. The molecule has 16 heavy (non-hydrogen) atoms. The van der Waals surface area contributed by atoms with Gasteiger partial charge in [-0.3, -0.25) is 0 Å². The zero-order valence-corrected chi connectivity index (χ0v) is 7.58. The van der Waals surface area contributed by atoms with E-state index in [2.05, 4.69) is 9.73 Å². The molecule has 0 unspecified atom stereocenters. The minimum absolute atomic E-state index is 0.0379. The van der Waals surface area contributed by atoms with Crippen molar-refractivity contribution in [1.82, 2.24) is 0 Å². The molecule has 0 radical (unpaired) electrons. The Labute approximate surface area is 87.6 Å². The molecule has 0 aliphatic rings. The van der Waals surface area contributed by atoms with Gasteiger partial charge >= 0.3 is 6.36 Å². The van der Waals surface area contributed by atoms with Gasteiger partial charge in [0.05, 0.1) is 11.6 Å². The summed E-state index contributed by atoms with van der Waals surface area (Å²) in [5.74, 6) is -0.713. The molecule has 1 rings (SSSR count). The lowest BCUT2D eigenvalue weighted by atomic mass is 10.2. The van der Waals surface area contributed by atoms with Crippen LogP contribution < -0.4 is 4.74 Å². The number of aliphatic imine (C=N–C) groups is 1. The molecule has 0 heterocycles. The maximum absolute atomic E-state index is 12.0. The minimum Gasteiger partial charge on any atom is -0.403 e. The number of ether oxygens (including phenoxy) is 1. The summed E-state index contributed by atoms with van der Waals surface area (Å²) in [4.78, 5) is 13.0. The highest BCUT2D eigenvalue weighted by molar-refractivity contribution is 5.60. The highest BCUT2D eigenvalue weighted by atomic mass is 19.4. The van der Waals surface area contributed by atoms with E-state index in [0.29, 0.717) is 0 Å². The van der Waals surface area contributed by atoms with Gasteiger partial charge in [0.15, 0.2) is 5.75 Å². The largest absolute Gasteiger partial charge is 0.573 e. The summed E-state index contributed by atoms with van der Waals surface area (Å²) in [6, 6.07) is 4.74. The number of hydrogen-bond donors (Lipinski definition) is 0. The Bertz CT molecular complexity index is 485. The van der Waals surface area contributed by atoms with E-state index in [4.69, 9.17) is 5.26 Å². The first-order valence-electron chi connectivity index (χ1n) is 3.84. The molecule has 0 aliphatic carbocycles. The van der Waals surface area contributed by atoms with Crippen LogP contribution in [0, 0.1) is 11.3 Å². The second kappa shape index (κ2) is 4.47. The molecule has 0 saturated heterocycles. The number of halogens is 3. The van der Waals surface area contributed by atoms with Gasteiger partial charge in [0.2, 0.25) is 6.08 Å². The fraction of sp³-hybridized carbons (Fsp3) is 0.111. The molecular weight excluding hydrogens is 225 g/mol. The van der Waals surface area contributed by atoms with Crippen LogP contribution >= 0.6 is 0 Å². The van der Waals surface area contributed by atoms with Crippen LogP contribution in [0.3, 0.4) is 0 Å². The Balaban J connectivity index is 3.21. The summed E-state index contributed by atoms with van der Waals surface area (Å²) < 4.78 is 39.5. The van der Waals surface area contributed by atoms with Crippen molar-refractivity contribution < 1.29 is 22.7 Å². The van der Waals surface area contributed by atoms with Crippen molar-refractivity contribution in [3.8, 4) is 11.8 Å². The fourth-order valence-electron chi connectivity index (χ4n) is 0.932. The average molecular weight is 228 g/mol. The predicted octanol–water partition coefficient (Wildman–Crippen LogP) is 2.42. The van der Waals surface area contributed by atoms with Gasteiger partial charge in [-0.1, -0.05) is 0 Å². The van der Waals surface area contributed by atoms with Gasteiger partial charge in [0.25, 0.3) is 0 Å². The minimum atomic E-state index is -4.92. The first-order valence-corrected chi connectivity index (χ1v) is 3.84.